The van der Waals surface area contributed by atoms with E-state index < -0.39 is 23.2 Å². The van der Waals surface area contributed by atoms with Gasteiger partial charge in [0, 0.05) is 29.1 Å². The highest BCUT2D eigenvalue weighted by atomic mass is 19.4. The van der Waals surface area contributed by atoms with Crippen molar-refractivity contribution in [3.8, 4) is 0 Å². The summed E-state index contributed by atoms with van der Waals surface area (Å²) < 4.78 is 55.5. The second-order valence-corrected chi connectivity index (χ2v) is 9.22. The summed E-state index contributed by atoms with van der Waals surface area (Å²) in [7, 11) is 0. The molecule has 1 unspecified atom stereocenters. The molecule has 0 heterocycles. The maximum Gasteiger partial charge on any atom is 0.417 e. The molecule has 2 aromatic carbocycles. The Morgan fingerprint density at radius 1 is 1.11 bits per heavy atom. The van der Waals surface area contributed by atoms with Gasteiger partial charge < -0.3 is 16.4 Å². The Morgan fingerprint density at radius 3 is 2.44 bits per heavy atom. The topological polar surface area (TPSA) is 62.4 Å². The summed E-state index contributed by atoms with van der Waals surface area (Å²) in [5.41, 5.74) is 6.32. The van der Waals surface area contributed by atoms with Crippen molar-refractivity contribution in [3.05, 3.63) is 77.6 Å². The third-order valence-corrected chi connectivity index (χ3v) is 6.57. The van der Waals surface area contributed by atoms with Gasteiger partial charge in [-0.15, -0.1) is 0 Å². The van der Waals surface area contributed by atoms with Crippen molar-refractivity contribution >= 4 is 23.8 Å². The van der Waals surface area contributed by atoms with Crippen molar-refractivity contribution in [2.24, 2.45) is 16.6 Å². The Labute approximate surface area is 210 Å². The first kappa shape index (κ1) is 27.5. The monoisotopic (exact) mass is 502 g/mol. The molecule has 1 aliphatic rings. The van der Waals surface area contributed by atoms with Gasteiger partial charge in [0.15, 0.2) is 0 Å². The zero-order chi connectivity index (χ0) is 26.3. The summed E-state index contributed by atoms with van der Waals surface area (Å²) >= 11 is 0. The Kier molecular flexibility index (Phi) is 8.95. The average molecular weight is 503 g/mol. The summed E-state index contributed by atoms with van der Waals surface area (Å²) in [6.45, 7) is 10.4. The molecule has 0 spiro atoms. The third-order valence-electron chi connectivity index (χ3n) is 6.57. The normalized spacial score (nSPS) is 16.8. The molecule has 2 aromatic rings. The van der Waals surface area contributed by atoms with E-state index in [1.807, 2.05) is 6.92 Å². The molecular formula is C28H34F4N4. The third kappa shape index (κ3) is 6.55. The number of anilines is 1. The molecule has 4 nitrogen and oxygen atoms in total. The summed E-state index contributed by atoms with van der Waals surface area (Å²) in [5.74, 6) is -0.531. The Morgan fingerprint density at radius 2 is 1.81 bits per heavy atom. The molecule has 194 valence electrons. The Hall–Kier alpha value is -3.13. The SMILES string of the molecule is C=N/C(=C\C(N)(NC(=C)c1cc(F)ccc1NCCC)C1CCCCC1)c1ccccc1C(F)(F)F. The van der Waals surface area contributed by atoms with Crippen LogP contribution in [0, 0.1) is 11.7 Å². The van der Waals surface area contributed by atoms with Gasteiger partial charge in [0.1, 0.15) is 11.5 Å². The minimum Gasteiger partial charge on any atom is -0.385 e. The van der Waals surface area contributed by atoms with Gasteiger partial charge in [-0.25, -0.2) is 4.39 Å². The number of rotatable bonds is 10. The molecule has 0 aliphatic heterocycles. The van der Waals surface area contributed by atoms with Crippen LogP contribution in [0.15, 0.2) is 60.1 Å². The zero-order valence-corrected chi connectivity index (χ0v) is 20.6. The van der Waals surface area contributed by atoms with Crippen molar-refractivity contribution in [2.45, 2.75) is 57.3 Å². The molecular weight excluding hydrogens is 468 g/mol. The van der Waals surface area contributed by atoms with E-state index in [1.165, 1.54) is 36.4 Å². The molecule has 1 aliphatic carbocycles. The van der Waals surface area contributed by atoms with E-state index in [9.17, 15) is 17.6 Å². The van der Waals surface area contributed by atoms with E-state index in [-0.39, 0.29) is 17.2 Å². The van der Waals surface area contributed by atoms with E-state index in [4.69, 9.17) is 5.73 Å². The van der Waals surface area contributed by atoms with Crippen LogP contribution in [0.3, 0.4) is 0 Å². The maximum atomic E-state index is 14.2. The fraction of sp³-hybridized carbons (Fsp3) is 0.393. The molecule has 0 radical (unpaired) electrons. The highest BCUT2D eigenvalue weighted by Gasteiger charge is 2.38. The van der Waals surface area contributed by atoms with Gasteiger partial charge in [-0.2, -0.15) is 13.2 Å². The molecule has 4 N–H and O–H groups in total. The van der Waals surface area contributed by atoms with Crippen LogP contribution in [0.2, 0.25) is 0 Å². The fourth-order valence-electron chi connectivity index (χ4n) is 4.73. The number of nitrogens with zero attached hydrogens (tertiary/aromatic N) is 1. The number of alkyl halides is 3. The molecule has 1 fully saturated rings. The van der Waals surface area contributed by atoms with Gasteiger partial charge in [-0.1, -0.05) is 51.0 Å². The highest BCUT2D eigenvalue weighted by Crippen LogP contribution is 2.38. The lowest BCUT2D eigenvalue weighted by Gasteiger charge is -2.40. The lowest BCUT2D eigenvalue weighted by Crippen LogP contribution is -2.57. The van der Waals surface area contributed by atoms with Gasteiger partial charge in [-0.05, 0) is 62.2 Å². The largest absolute Gasteiger partial charge is 0.417 e. The first-order chi connectivity index (χ1) is 17.1. The first-order valence-corrected chi connectivity index (χ1v) is 12.2. The van der Waals surface area contributed by atoms with Crippen LogP contribution in [0.1, 0.15) is 62.1 Å². The lowest BCUT2D eigenvalue weighted by molar-refractivity contribution is -0.137. The van der Waals surface area contributed by atoms with Crippen LogP contribution < -0.4 is 16.4 Å². The Balaban J connectivity index is 2.07. The molecule has 1 saturated carbocycles. The van der Waals surface area contributed by atoms with Gasteiger partial charge in [0.2, 0.25) is 0 Å². The molecule has 36 heavy (non-hydrogen) atoms. The summed E-state index contributed by atoms with van der Waals surface area (Å²) in [5, 5.41) is 6.51. The van der Waals surface area contributed by atoms with Crippen LogP contribution in [0.5, 0.6) is 0 Å². The minimum atomic E-state index is -4.57. The van der Waals surface area contributed by atoms with Crippen molar-refractivity contribution in [2.75, 3.05) is 11.9 Å². The summed E-state index contributed by atoms with van der Waals surface area (Å²) in [6.07, 6.45) is 2.34. The van der Waals surface area contributed by atoms with Crippen LogP contribution in [-0.2, 0) is 6.18 Å². The number of hydrogen-bond acceptors (Lipinski definition) is 4. The molecule has 8 heteroatoms. The number of aliphatic imine (C=N–C) groups is 1. The Bertz CT molecular complexity index is 1100. The average Bonchev–Trinajstić information content (AvgIpc) is 2.86. The molecule has 1 atom stereocenters. The number of hydrogen-bond donors (Lipinski definition) is 3. The van der Waals surface area contributed by atoms with Crippen LogP contribution in [0.25, 0.3) is 11.4 Å². The van der Waals surface area contributed by atoms with Gasteiger partial charge >= 0.3 is 6.18 Å². The number of benzene rings is 2. The highest BCUT2D eigenvalue weighted by molar-refractivity contribution is 5.76. The predicted molar refractivity (Wildman–Crippen MR) is 140 cm³/mol. The van der Waals surface area contributed by atoms with E-state index in [0.717, 1.165) is 44.6 Å². The summed E-state index contributed by atoms with van der Waals surface area (Å²) in [4.78, 5) is 3.95. The first-order valence-electron chi connectivity index (χ1n) is 12.2. The van der Waals surface area contributed by atoms with Gasteiger partial charge in [0.25, 0.3) is 0 Å². The molecule has 0 aromatic heterocycles. The maximum absolute atomic E-state index is 14.2. The minimum absolute atomic E-state index is 0.0277. The predicted octanol–water partition coefficient (Wildman–Crippen LogP) is 7.20. The smallest absolute Gasteiger partial charge is 0.385 e. The second-order valence-electron chi connectivity index (χ2n) is 9.22. The quantitative estimate of drug-likeness (QED) is 0.183. The van der Waals surface area contributed by atoms with Crippen molar-refractivity contribution in [3.63, 3.8) is 0 Å². The van der Waals surface area contributed by atoms with E-state index in [1.54, 1.807) is 6.07 Å². The summed E-state index contributed by atoms with van der Waals surface area (Å²) in [6, 6.07) is 9.59. The van der Waals surface area contributed by atoms with Crippen LogP contribution in [0.4, 0.5) is 23.2 Å². The van der Waals surface area contributed by atoms with E-state index in [2.05, 4.69) is 28.9 Å². The van der Waals surface area contributed by atoms with Gasteiger partial charge in [-0.3, -0.25) is 4.99 Å². The lowest BCUT2D eigenvalue weighted by atomic mass is 9.79. The van der Waals surface area contributed by atoms with Gasteiger partial charge in [0.05, 0.1) is 11.3 Å². The number of nitrogens with two attached hydrogens (primary N) is 1. The van der Waals surface area contributed by atoms with E-state index in [0.29, 0.717) is 23.5 Å². The number of halogens is 4. The van der Waals surface area contributed by atoms with Crippen molar-refractivity contribution in [1.29, 1.82) is 0 Å². The van der Waals surface area contributed by atoms with Crippen molar-refractivity contribution in [1.82, 2.24) is 5.32 Å². The molecule has 3 rings (SSSR count). The van der Waals surface area contributed by atoms with Crippen LogP contribution in [-0.4, -0.2) is 18.9 Å². The van der Waals surface area contributed by atoms with Crippen molar-refractivity contribution < 1.29 is 17.6 Å². The zero-order valence-electron chi connectivity index (χ0n) is 20.6. The molecule has 0 bridgehead atoms. The molecule has 0 amide bonds. The van der Waals surface area contributed by atoms with E-state index >= 15 is 0 Å². The fourth-order valence-corrected chi connectivity index (χ4v) is 4.73. The van der Waals surface area contributed by atoms with Crippen LogP contribution >= 0.6 is 0 Å². The number of nitrogens with one attached hydrogen (secondary N) is 2. The standard InChI is InChI=1S/C28H34F4N4/c1-4-16-35-25-15-14-21(29)17-23(25)19(2)36-27(33,20-10-6-5-7-11-20)18-26(34-3)22-12-8-9-13-24(22)28(30,31)32/h8-9,12-15,17-18,20,35-36H,2-7,10-11,16,33H2,1H3/b26-18-. The molecule has 0 saturated heterocycles. The second kappa shape index (κ2) is 11.7.